The SMILES string of the molecule is COc1ccc([C@@H]2c3sc(=O)[nH]c3S[C@@H]3[C@H]4C[C@@H]([C@@H]5C(=O)N(c6ccc(C)cc6)C(=O)[C@H]45)[C@@H]23)cc1. The lowest BCUT2D eigenvalue weighted by Crippen LogP contribution is -2.42. The molecule has 0 unspecified atom stereocenters. The summed E-state index contributed by atoms with van der Waals surface area (Å²) in [6.45, 7) is 2.00. The van der Waals surface area contributed by atoms with E-state index in [-0.39, 0.29) is 57.4 Å². The van der Waals surface area contributed by atoms with Gasteiger partial charge in [0.25, 0.3) is 0 Å². The number of ether oxygens (including phenoxy) is 1. The van der Waals surface area contributed by atoms with Crippen LogP contribution in [-0.4, -0.2) is 29.2 Å². The van der Waals surface area contributed by atoms with Crippen LogP contribution >= 0.6 is 23.1 Å². The topological polar surface area (TPSA) is 79.5 Å². The fraction of sp³-hybridized carbons (Fsp3) is 0.370. The number of thiazole rings is 1. The highest BCUT2D eigenvalue weighted by Gasteiger charge is 2.69. The standard InChI is InChI=1S/C27H24N2O4S2/c1-12-3-7-14(8-4-12)29-25(30)20-16-11-17(21(20)26(29)31)22-19(16)18(13-5-9-15(33-2)10-6-13)23-24(34-22)28-27(32)35-23/h3-10,16-22H,11H2,1-2H3,(H,28,32)/t16-,17+,18+,19+,20+,21-,22-/m1/s1. The van der Waals surface area contributed by atoms with Crippen LogP contribution in [-0.2, 0) is 9.59 Å². The molecule has 7 rings (SSSR count). The summed E-state index contributed by atoms with van der Waals surface area (Å²) in [5, 5.41) is 1.12. The summed E-state index contributed by atoms with van der Waals surface area (Å²) in [6.07, 6.45) is 0.892. The summed E-state index contributed by atoms with van der Waals surface area (Å²) >= 11 is 3.00. The number of nitrogens with zero attached hydrogens (tertiary/aromatic N) is 1. The first kappa shape index (κ1) is 21.4. The van der Waals surface area contributed by atoms with Crippen LogP contribution in [0.15, 0.2) is 58.4 Å². The predicted molar refractivity (Wildman–Crippen MR) is 135 cm³/mol. The van der Waals surface area contributed by atoms with Crippen LogP contribution in [0.5, 0.6) is 5.75 Å². The van der Waals surface area contributed by atoms with Crippen molar-refractivity contribution in [2.75, 3.05) is 12.0 Å². The Morgan fingerprint density at radius 3 is 2.31 bits per heavy atom. The van der Waals surface area contributed by atoms with Crippen molar-refractivity contribution in [1.29, 1.82) is 0 Å². The highest BCUT2D eigenvalue weighted by atomic mass is 32.2. The van der Waals surface area contributed by atoms with Gasteiger partial charge in [0.05, 0.1) is 29.7 Å². The third kappa shape index (κ3) is 2.93. The molecule has 2 aromatic carbocycles. The molecule has 2 aliphatic heterocycles. The molecule has 6 nitrogen and oxygen atoms in total. The van der Waals surface area contributed by atoms with Gasteiger partial charge in [-0.3, -0.25) is 19.3 Å². The number of aryl methyl sites for hydroxylation is 1. The number of carbonyl (C=O) groups is 2. The average Bonchev–Trinajstić information content (AvgIpc) is 3.59. The van der Waals surface area contributed by atoms with Crippen molar-refractivity contribution >= 4 is 40.6 Å². The summed E-state index contributed by atoms with van der Waals surface area (Å²) in [7, 11) is 1.65. The van der Waals surface area contributed by atoms with Gasteiger partial charge in [0.15, 0.2) is 0 Å². The normalized spacial score (nSPS) is 32.5. The third-order valence-electron chi connectivity index (χ3n) is 8.49. The van der Waals surface area contributed by atoms with Crippen molar-refractivity contribution in [2.24, 2.45) is 29.6 Å². The lowest BCUT2D eigenvalue weighted by molar-refractivity contribution is -0.123. The number of amides is 2. The Labute approximate surface area is 210 Å². The van der Waals surface area contributed by atoms with Crippen LogP contribution in [0.1, 0.15) is 28.3 Å². The lowest BCUT2D eigenvalue weighted by Gasteiger charge is -2.43. The number of fused-ring (bicyclic) bond motifs is 9. The van der Waals surface area contributed by atoms with Gasteiger partial charge >= 0.3 is 4.87 Å². The number of anilines is 1. The number of aromatic amines is 1. The molecule has 2 amide bonds. The lowest BCUT2D eigenvalue weighted by atomic mass is 9.68. The van der Waals surface area contributed by atoms with Crippen molar-refractivity contribution in [2.45, 2.75) is 29.5 Å². The number of methoxy groups -OCH3 is 1. The first-order chi connectivity index (χ1) is 17.0. The minimum Gasteiger partial charge on any atom is -0.497 e. The number of hydrogen-bond donors (Lipinski definition) is 1. The molecular weight excluding hydrogens is 480 g/mol. The summed E-state index contributed by atoms with van der Waals surface area (Å²) < 4.78 is 5.36. The average molecular weight is 505 g/mol. The van der Waals surface area contributed by atoms with Crippen LogP contribution in [0.4, 0.5) is 5.69 Å². The van der Waals surface area contributed by atoms with E-state index in [2.05, 4.69) is 17.1 Å². The van der Waals surface area contributed by atoms with Crippen molar-refractivity contribution in [3.05, 3.63) is 74.2 Å². The summed E-state index contributed by atoms with van der Waals surface area (Å²) in [5.41, 5.74) is 2.90. The second-order valence-electron chi connectivity index (χ2n) is 10.1. The molecule has 3 heterocycles. The maximum atomic E-state index is 13.8. The molecule has 0 spiro atoms. The second-order valence-corrected chi connectivity index (χ2v) is 12.3. The van der Waals surface area contributed by atoms with Gasteiger partial charge in [-0.05, 0) is 60.9 Å². The first-order valence-electron chi connectivity index (χ1n) is 11.9. The van der Waals surface area contributed by atoms with Gasteiger partial charge in [0.1, 0.15) is 5.75 Å². The fourth-order valence-electron chi connectivity index (χ4n) is 7.15. The molecule has 8 heteroatoms. The van der Waals surface area contributed by atoms with Crippen LogP contribution in [0, 0.1) is 36.5 Å². The van der Waals surface area contributed by atoms with E-state index in [4.69, 9.17) is 4.74 Å². The number of hydrogen-bond acceptors (Lipinski definition) is 6. The Hall–Kier alpha value is -2.84. The fourth-order valence-corrected chi connectivity index (χ4v) is 10.0. The van der Waals surface area contributed by atoms with E-state index in [0.717, 1.165) is 33.2 Å². The van der Waals surface area contributed by atoms with Crippen molar-refractivity contribution in [3.63, 3.8) is 0 Å². The highest BCUT2D eigenvalue weighted by molar-refractivity contribution is 8.00. The van der Waals surface area contributed by atoms with Gasteiger partial charge in [0, 0.05) is 16.0 Å². The first-order valence-corrected chi connectivity index (χ1v) is 13.6. The van der Waals surface area contributed by atoms with Gasteiger partial charge in [-0.15, -0.1) is 11.8 Å². The molecule has 2 bridgehead atoms. The monoisotopic (exact) mass is 504 g/mol. The molecule has 1 N–H and O–H groups in total. The molecule has 1 saturated heterocycles. The Bertz CT molecular complexity index is 1410. The molecule has 0 radical (unpaired) electrons. The molecule has 7 atom stereocenters. The van der Waals surface area contributed by atoms with E-state index in [9.17, 15) is 14.4 Å². The third-order valence-corrected chi connectivity index (χ3v) is 11.1. The number of rotatable bonds is 3. The van der Waals surface area contributed by atoms with E-state index in [1.165, 1.54) is 16.2 Å². The molecule has 3 fully saturated rings. The Morgan fingerprint density at radius 1 is 0.943 bits per heavy atom. The van der Waals surface area contributed by atoms with Crippen LogP contribution in [0.25, 0.3) is 0 Å². The zero-order valence-corrected chi connectivity index (χ0v) is 20.9. The van der Waals surface area contributed by atoms with Crippen molar-refractivity contribution in [3.8, 4) is 5.75 Å². The molecule has 2 saturated carbocycles. The smallest absolute Gasteiger partial charge is 0.305 e. The Balaban J connectivity index is 1.31. The van der Waals surface area contributed by atoms with Gasteiger partial charge in [-0.1, -0.05) is 41.2 Å². The molecule has 3 aromatic rings. The number of benzene rings is 2. The molecule has 2 aliphatic carbocycles. The summed E-state index contributed by atoms with van der Waals surface area (Å²) in [5.74, 6) is 0.598. The molecule has 35 heavy (non-hydrogen) atoms. The number of H-pyrrole nitrogens is 1. The van der Waals surface area contributed by atoms with Gasteiger partial charge in [0.2, 0.25) is 11.8 Å². The van der Waals surface area contributed by atoms with Gasteiger partial charge in [-0.2, -0.15) is 0 Å². The number of aromatic nitrogens is 1. The molecule has 1 aromatic heterocycles. The minimum absolute atomic E-state index is 0.0263. The van der Waals surface area contributed by atoms with Crippen molar-refractivity contribution in [1.82, 2.24) is 4.98 Å². The number of nitrogens with one attached hydrogen (secondary N) is 1. The van der Waals surface area contributed by atoms with E-state index in [0.29, 0.717) is 5.69 Å². The van der Waals surface area contributed by atoms with E-state index >= 15 is 0 Å². The van der Waals surface area contributed by atoms with Crippen LogP contribution in [0.2, 0.25) is 0 Å². The van der Waals surface area contributed by atoms with E-state index in [1.54, 1.807) is 18.9 Å². The second kappa shape index (κ2) is 7.58. The van der Waals surface area contributed by atoms with E-state index < -0.39 is 0 Å². The summed E-state index contributed by atoms with van der Waals surface area (Å²) in [4.78, 5) is 45.3. The maximum Gasteiger partial charge on any atom is 0.305 e. The summed E-state index contributed by atoms with van der Waals surface area (Å²) in [6, 6.07) is 15.7. The van der Waals surface area contributed by atoms with Crippen molar-refractivity contribution < 1.29 is 14.3 Å². The Morgan fingerprint density at radius 2 is 1.63 bits per heavy atom. The highest BCUT2D eigenvalue weighted by Crippen LogP contribution is 2.68. The Kier molecular flexibility index (Phi) is 4.64. The van der Waals surface area contributed by atoms with Crippen LogP contribution in [0.3, 0.4) is 0 Å². The number of imide groups is 1. The number of thioether (sulfide) groups is 1. The van der Waals surface area contributed by atoms with E-state index in [1.807, 2.05) is 43.3 Å². The number of carbonyl (C=O) groups excluding carboxylic acids is 2. The zero-order valence-electron chi connectivity index (χ0n) is 19.3. The van der Waals surface area contributed by atoms with Crippen LogP contribution < -0.4 is 14.5 Å². The molecular formula is C27H24N2O4S2. The quantitative estimate of drug-likeness (QED) is 0.534. The maximum absolute atomic E-state index is 13.8. The molecule has 4 aliphatic rings. The van der Waals surface area contributed by atoms with Gasteiger partial charge < -0.3 is 9.72 Å². The predicted octanol–water partition coefficient (Wildman–Crippen LogP) is 4.43. The zero-order chi connectivity index (χ0) is 24.0. The largest absolute Gasteiger partial charge is 0.497 e. The van der Waals surface area contributed by atoms with Gasteiger partial charge in [-0.25, -0.2) is 0 Å². The molecule has 178 valence electrons. The minimum atomic E-state index is -0.284.